The molecule has 0 fully saturated rings. The van der Waals surface area contributed by atoms with Gasteiger partial charge in [-0.2, -0.15) is 0 Å². The zero-order chi connectivity index (χ0) is 17.1. The molecule has 0 saturated heterocycles. The van der Waals surface area contributed by atoms with E-state index in [4.69, 9.17) is 11.6 Å². The minimum atomic E-state index is -1.19. The molecule has 0 heterocycles. The minimum Gasteiger partial charge on any atom is -0.478 e. The first-order valence-corrected chi connectivity index (χ1v) is 8.10. The van der Waals surface area contributed by atoms with Gasteiger partial charge < -0.3 is 5.11 Å². The Hall–Kier alpha value is -1.70. The van der Waals surface area contributed by atoms with E-state index in [9.17, 15) is 20.0 Å². The standard InChI is InChI=1S/C15H8Br2ClNO4/c16-12-6-9(14(19(22)23)7-13(12)17)5-11(15(20)21)8-1-3-10(18)4-2-8/h1-7H,(H,20,21)/b11-5+. The number of carbonyl (C=O) groups is 1. The highest BCUT2D eigenvalue weighted by Gasteiger charge is 2.18. The second-order valence-electron chi connectivity index (χ2n) is 4.45. The van der Waals surface area contributed by atoms with Gasteiger partial charge in [0.15, 0.2) is 0 Å². The van der Waals surface area contributed by atoms with Crippen molar-refractivity contribution in [1.82, 2.24) is 0 Å². The number of nitrogens with zero attached hydrogens (tertiary/aromatic N) is 1. The number of nitro groups is 1. The first-order chi connectivity index (χ1) is 10.8. The largest absolute Gasteiger partial charge is 0.478 e. The molecular formula is C15H8Br2ClNO4. The molecule has 2 rings (SSSR count). The highest BCUT2D eigenvalue weighted by molar-refractivity contribution is 9.13. The molecule has 118 valence electrons. The molecule has 0 atom stereocenters. The maximum absolute atomic E-state index is 11.5. The third-order valence-electron chi connectivity index (χ3n) is 2.95. The topological polar surface area (TPSA) is 80.4 Å². The quantitative estimate of drug-likeness (QED) is 0.286. The van der Waals surface area contributed by atoms with E-state index >= 15 is 0 Å². The van der Waals surface area contributed by atoms with Gasteiger partial charge in [0.05, 0.1) is 16.1 Å². The van der Waals surface area contributed by atoms with E-state index in [1.807, 2.05) is 0 Å². The molecule has 0 aliphatic heterocycles. The molecule has 0 bridgehead atoms. The molecule has 0 aromatic heterocycles. The van der Waals surface area contributed by atoms with Crippen LogP contribution in [0.15, 0.2) is 45.3 Å². The molecule has 8 heteroatoms. The molecule has 0 aliphatic carbocycles. The van der Waals surface area contributed by atoms with E-state index in [0.717, 1.165) is 0 Å². The van der Waals surface area contributed by atoms with Gasteiger partial charge >= 0.3 is 5.97 Å². The second kappa shape index (κ2) is 7.25. The van der Waals surface area contributed by atoms with Gasteiger partial charge in [0.1, 0.15) is 0 Å². The van der Waals surface area contributed by atoms with Crippen LogP contribution in [0.5, 0.6) is 0 Å². The van der Waals surface area contributed by atoms with Crippen molar-refractivity contribution in [3.8, 4) is 0 Å². The molecule has 0 spiro atoms. The van der Waals surface area contributed by atoms with Crippen molar-refractivity contribution < 1.29 is 14.8 Å². The maximum atomic E-state index is 11.5. The van der Waals surface area contributed by atoms with Gasteiger partial charge in [0.25, 0.3) is 5.69 Å². The third-order valence-corrected chi connectivity index (χ3v) is 5.05. The first kappa shape index (κ1) is 17.7. The van der Waals surface area contributed by atoms with Gasteiger partial charge in [-0.15, -0.1) is 0 Å². The Morgan fingerprint density at radius 1 is 1.17 bits per heavy atom. The summed E-state index contributed by atoms with van der Waals surface area (Å²) in [5.41, 5.74) is 0.305. The van der Waals surface area contributed by atoms with Crippen molar-refractivity contribution in [3.05, 3.63) is 71.6 Å². The Balaban J connectivity index is 2.65. The van der Waals surface area contributed by atoms with E-state index in [1.54, 1.807) is 24.3 Å². The van der Waals surface area contributed by atoms with Gasteiger partial charge in [-0.3, -0.25) is 10.1 Å². The van der Waals surface area contributed by atoms with E-state index in [0.29, 0.717) is 19.5 Å². The summed E-state index contributed by atoms with van der Waals surface area (Å²) in [5, 5.41) is 21.1. The molecule has 2 aromatic carbocycles. The van der Waals surface area contributed by atoms with E-state index in [2.05, 4.69) is 31.9 Å². The number of benzene rings is 2. The average molecular weight is 461 g/mol. The van der Waals surface area contributed by atoms with Crippen LogP contribution in [-0.4, -0.2) is 16.0 Å². The van der Waals surface area contributed by atoms with Gasteiger partial charge in [0, 0.05) is 20.0 Å². The van der Waals surface area contributed by atoms with Crippen LogP contribution in [0, 0.1) is 10.1 Å². The van der Waals surface area contributed by atoms with Crippen LogP contribution in [-0.2, 0) is 4.79 Å². The fourth-order valence-electron chi connectivity index (χ4n) is 1.88. The van der Waals surface area contributed by atoms with Crippen molar-refractivity contribution >= 4 is 66.8 Å². The van der Waals surface area contributed by atoms with Crippen LogP contribution < -0.4 is 0 Å². The highest BCUT2D eigenvalue weighted by Crippen LogP contribution is 2.33. The third kappa shape index (κ3) is 4.19. The predicted octanol–water partition coefficient (Wildman–Crippen LogP) is 5.40. The molecule has 0 amide bonds. The summed E-state index contributed by atoms with van der Waals surface area (Å²) in [4.78, 5) is 22.2. The van der Waals surface area contributed by atoms with Crippen LogP contribution in [0.4, 0.5) is 5.69 Å². The van der Waals surface area contributed by atoms with Crippen molar-refractivity contribution in [2.45, 2.75) is 0 Å². The summed E-state index contributed by atoms with van der Waals surface area (Å²) in [7, 11) is 0. The van der Waals surface area contributed by atoms with Gasteiger partial charge in [-0.1, -0.05) is 23.7 Å². The van der Waals surface area contributed by atoms with Crippen LogP contribution in [0.2, 0.25) is 5.02 Å². The van der Waals surface area contributed by atoms with Gasteiger partial charge in [-0.25, -0.2) is 4.79 Å². The first-order valence-electron chi connectivity index (χ1n) is 6.14. The molecular weight excluding hydrogens is 453 g/mol. The molecule has 0 saturated carbocycles. The maximum Gasteiger partial charge on any atom is 0.336 e. The number of halogens is 3. The average Bonchev–Trinajstić information content (AvgIpc) is 2.48. The Morgan fingerprint density at radius 2 is 1.74 bits per heavy atom. The van der Waals surface area contributed by atoms with Crippen LogP contribution >= 0.6 is 43.5 Å². The van der Waals surface area contributed by atoms with Gasteiger partial charge in [-0.05, 0) is 61.7 Å². The summed E-state index contributed by atoms with van der Waals surface area (Å²) in [5.74, 6) is -1.19. The zero-order valence-electron chi connectivity index (χ0n) is 11.3. The smallest absolute Gasteiger partial charge is 0.336 e. The zero-order valence-corrected chi connectivity index (χ0v) is 15.2. The van der Waals surface area contributed by atoms with E-state index in [1.165, 1.54) is 18.2 Å². The molecule has 0 aliphatic rings. The fraction of sp³-hybridized carbons (Fsp3) is 0. The molecule has 23 heavy (non-hydrogen) atoms. The summed E-state index contributed by atoms with van der Waals surface area (Å²) in [6.07, 6.45) is 1.26. The lowest BCUT2D eigenvalue weighted by atomic mass is 10.0. The van der Waals surface area contributed by atoms with Gasteiger partial charge in [0.2, 0.25) is 0 Å². The van der Waals surface area contributed by atoms with Crippen molar-refractivity contribution in [1.29, 1.82) is 0 Å². The number of carboxylic acid groups (broad SMARTS) is 1. The van der Waals surface area contributed by atoms with E-state index in [-0.39, 0.29) is 16.8 Å². The predicted molar refractivity (Wildman–Crippen MR) is 95.5 cm³/mol. The van der Waals surface area contributed by atoms with Crippen LogP contribution in [0.3, 0.4) is 0 Å². The number of hydrogen-bond acceptors (Lipinski definition) is 3. The summed E-state index contributed by atoms with van der Waals surface area (Å²) < 4.78 is 1.08. The van der Waals surface area contributed by atoms with Crippen molar-refractivity contribution in [2.24, 2.45) is 0 Å². The number of nitro benzene ring substituents is 1. The lowest BCUT2D eigenvalue weighted by Gasteiger charge is -2.06. The van der Waals surface area contributed by atoms with Crippen molar-refractivity contribution in [2.75, 3.05) is 0 Å². The SMILES string of the molecule is O=C(O)/C(=C/c1cc(Br)c(Br)cc1[N+](=O)[O-])c1ccc(Cl)cc1. The molecule has 5 nitrogen and oxygen atoms in total. The van der Waals surface area contributed by atoms with Crippen molar-refractivity contribution in [3.63, 3.8) is 0 Å². The number of rotatable bonds is 4. The number of carboxylic acids is 1. The van der Waals surface area contributed by atoms with Crippen LogP contribution in [0.25, 0.3) is 11.6 Å². The second-order valence-corrected chi connectivity index (χ2v) is 6.60. The molecule has 0 unspecified atom stereocenters. The number of hydrogen-bond donors (Lipinski definition) is 1. The summed E-state index contributed by atoms with van der Waals surface area (Å²) in [6.45, 7) is 0. The molecule has 0 radical (unpaired) electrons. The Bertz CT molecular complexity index is 819. The van der Waals surface area contributed by atoms with E-state index < -0.39 is 10.9 Å². The molecule has 1 N–H and O–H groups in total. The normalized spacial score (nSPS) is 11.3. The summed E-state index contributed by atoms with van der Waals surface area (Å²) >= 11 is 12.2. The Labute approximate surface area is 153 Å². The number of aliphatic carboxylic acids is 1. The van der Waals surface area contributed by atoms with Crippen LogP contribution in [0.1, 0.15) is 11.1 Å². The lowest BCUT2D eigenvalue weighted by Crippen LogP contribution is -2.00. The fourth-order valence-corrected chi connectivity index (χ4v) is 2.70. The minimum absolute atomic E-state index is 0.0704. The summed E-state index contributed by atoms with van der Waals surface area (Å²) in [6, 6.07) is 9.00. The monoisotopic (exact) mass is 459 g/mol. The molecule has 2 aromatic rings. The Morgan fingerprint density at radius 3 is 2.26 bits per heavy atom. The Kier molecular flexibility index (Phi) is 5.56. The highest BCUT2D eigenvalue weighted by atomic mass is 79.9. The lowest BCUT2D eigenvalue weighted by molar-refractivity contribution is -0.385.